The van der Waals surface area contributed by atoms with Gasteiger partial charge in [-0.05, 0) is 154 Å². The van der Waals surface area contributed by atoms with Gasteiger partial charge in [0.2, 0.25) is 0 Å². The van der Waals surface area contributed by atoms with Crippen molar-refractivity contribution in [3.8, 4) is 0 Å². The lowest BCUT2D eigenvalue weighted by Gasteiger charge is -2.36. The summed E-state index contributed by atoms with van der Waals surface area (Å²) in [5, 5.41) is 12.7. The van der Waals surface area contributed by atoms with Gasteiger partial charge >= 0.3 is 48.3 Å². The second-order valence-electron chi connectivity index (χ2n) is 24.3. The highest BCUT2D eigenvalue weighted by molar-refractivity contribution is 5.78. The highest BCUT2D eigenvalue weighted by Crippen LogP contribution is 2.27. The summed E-state index contributed by atoms with van der Waals surface area (Å²) in [5.41, 5.74) is 7.07. The van der Waals surface area contributed by atoms with E-state index in [4.69, 9.17) is 29.8 Å². The van der Waals surface area contributed by atoms with Crippen LogP contribution in [0, 0.1) is 23.7 Å². The Labute approximate surface area is 606 Å². The molecule has 8 rings (SSSR count). The van der Waals surface area contributed by atoms with Gasteiger partial charge in [0.05, 0.1) is 73.4 Å². The SMILES string of the molecule is CC.CC.CC.CC.COC(=O)C(CC=O)CC=O.COC(=O)C1CC=CC1.COC(=O)C1CCN([C@H]2CCCN(C(=O)OC)CC2)CC1.COC(=O)N1CCC[C@H](N)CC1.COC(=O)N1CCC[C@H](N2CCC(C(=O)O)CC2)CC1.COC(=O)N1CCC[C@H](N[C@H](C)c2ccccc2)CC1. The Kier molecular flexibility index (Phi) is 57.7. The van der Waals surface area contributed by atoms with Gasteiger partial charge in [0.15, 0.2) is 0 Å². The Morgan fingerprint density at radius 3 is 1.20 bits per heavy atom. The maximum Gasteiger partial charge on any atom is 0.409 e. The quantitative estimate of drug-likeness (QED) is 0.0715. The average molecular weight is 1440 g/mol. The number of allylic oxidation sites excluding steroid dienone is 2. The minimum absolute atomic E-state index is 0.0470. The van der Waals surface area contributed by atoms with Crippen molar-refractivity contribution >= 4 is 60.8 Å². The van der Waals surface area contributed by atoms with Gasteiger partial charge in [-0.3, -0.25) is 19.2 Å². The molecule has 6 fully saturated rings. The van der Waals surface area contributed by atoms with Crippen LogP contribution in [-0.2, 0) is 61.9 Å². The summed E-state index contributed by atoms with van der Waals surface area (Å²) in [6.07, 6.45) is 21.5. The summed E-state index contributed by atoms with van der Waals surface area (Å²) in [6.45, 7) is 27.9. The zero-order chi connectivity index (χ0) is 76.5. The van der Waals surface area contributed by atoms with Crippen LogP contribution in [0.3, 0.4) is 0 Å². The lowest BCUT2D eigenvalue weighted by Crippen LogP contribution is -2.43. The fourth-order valence-corrected chi connectivity index (χ4v) is 12.6. The van der Waals surface area contributed by atoms with Crippen molar-refractivity contribution in [1.82, 2.24) is 34.7 Å². The summed E-state index contributed by atoms with van der Waals surface area (Å²) in [6, 6.07) is 12.5. The molecule has 7 aliphatic rings. The molecule has 0 bridgehead atoms. The second-order valence-corrected chi connectivity index (χ2v) is 24.3. The third kappa shape index (κ3) is 39.4. The van der Waals surface area contributed by atoms with Gasteiger partial charge in [0.1, 0.15) is 12.6 Å². The van der Waals surface area contributed by atoms with Gasteiger partial charge < -0.3 is 88.3 Å². The van der Waals surface area contributed by atoms with E-state index < -0.39 is 17.9 Å². The molecule has 0 radical (unpaired) electrons. The van der Waals surface area contributed by atoms with Gasteiger partial charge in [-0.25, -0.2) is 19.2 Å². The molecule has 0 aromatic heterocycles. The second kappa shape index (κ2) is 60.7. The lowest BCUT2D eigenvalue weighted by atomic mass is 9.94. The number of hydrogen-bond donors (Lipinski definition) is 3. The van der Waals surface area contributed by atoms with Crippen molar-refractivity contribution in [2.24, 2.45) is 29.4 Å². The number of piperidine rings is 2. The maximum absolute atomic E-state index is 11.6. The van der Waals surface area contributed by atoms with Crippen LogP contribution in [0.1, 0.15) is 202 Å². The first-order valence-electron chi connectivity index (χ1n) is 37.2. The van der Waals surface area contributed by atoms with Gasteiger partial charge in [-0.2, -0.15) is 0 Å². The number of likely N-dealkylation sites (tertiary alicyclic amines) is 6. The van der Waals surface area contributed by atoms with Crippen LogP contribution in [0.4, 0.5) is 19.2 Å². The minimum atomic E-state index is -0.664. The Balaban J connectivity index is 0. The highest BCUT2D eigenvalue weighted by Gasteiger charge is 2.33. The number of hydrogen-bond acceptors (Lipinski definition) is 21. The van der Waals surface area contributed by atoms with Crippen LogP contribution < -0.4 is 11.1 Å². The predicted molar refractivity (Wildman–Crippen MR) is 393 cm³/mol. The van der Waals surface area contributed by atoms with Crippen molar-refractivity contribution in [2.45, 2.75) is 221 Å². The first-order valence-corrected chi connectivity index (χ1v) is 37.2. The number of rotatable bonds is 13. The zero-order valence-corrected chi connectivity index (χ0v) is 64.7. The molecule has 26 nitrogen and oxygen atoms in total. The van der Waals surface area contributed by atoms with E-state index in [1.54, 1.807) is 19.6 Å². The molecular weight excluding hydrogens is 1300 g/mol. The number of nitrogens with zero attached hydrogens (tertiary/aromatic N) is 6. The molecule has 4 N–H and O–H groups in total. The fourth-order valence-electron chi connectivity index (χ4n) is 12.6. The normalized spacial score (nSPS) is 20.4. The zero-order valence-electron chi connectivity index (χ0n) is 64.7. The van der Waals surface area contributed by atoms with Gasteiger partial charge in [-0.1, -0.05) is 97.9 Å². The summed E-state index contributed by atoms with van der Waals surface area (Å²) in [4.78, 5) is 122. The van der Waals surface area contributed by atoms with E-state index in [0.29, 0.717) is 36.7 Å². The molecule has 0 unspecified atom stereocenters. The number of carboxylic acid groups (broad SMARTS) is 1. The number of carbonyl (C=O) groups is 10. The number of ether oxygens (including phenoxy) is 7. The fraction of sp³-hybridized carbons (Fsp3) is 0.760. The number of aliphatic carboxylic acids is 1. The van der Waals surface area contributed by atoms with Crippen molar-refractivity contribution in [3.63, 3.8) is 0 Å². The predicted octanol–water partition coefficient (Wildman–Crippen LogP) is 11.6. The summed E-state index contributed by atoms with van der Waals surface area (Å²) < 4.78 is 32.7. The van der Waals surface area contributed by atoms with Crippen LogP contribution in [0.2, 0.25) is 0 Å². The van der Waals surface area contributed by atoms with Crippen LogP contribution in [-0.4, -0.2) is 248 Å². The molecule has 4 amide bonds. The molecule has 0 saturated carbocycles. The van der Waals surface area contributed by atoms with Crippen LogP contribution in [0.5, 0.6) is 0 Å². The van der Waals surface area contributed by atoms with Crippen molar-refractivity contribution < 1.29 is 86.2 Å². The topological polar surface area (TPSA) is 313 Å². The van der Waals surface area contributed by atoms with Crippen molar-refractivity contribution in [2.75, 3.05) is 128 Å². The number of methoxy groups -OCH3 is 7. The molecule has 6 heterocycles. The first kappa shape index (κ1) is 96.2. The third-order valence-electron chi connectivity index (χ3n) is 18.2. The number of esters is 3. The van der Waals surface area contributed by atoms with Crippen molar-refractivity contribution in [3.05, 3.63) is 48.0 Å². The molecule has 6 saturated heterocycles. The van der Waals surface area contributed by atoms with E-state index in [-0.39, 0.29) is 72.9 Å². The number of nitrogens with two attached hydrogens (primary N) is 1. The Morgan fingerprint density at radius 1 is 0.455 bits per heavy atom. The maximum atomic E-state index is 11.6. The van der Waals surface area contributed by atoms with E-state index in [1.165, 1.54) is 55.3 Å². The number of carboxylic acids is 1. The molecule has 26 heteroatoms. The monoisotopic (exact) mass is 1430 g/mol. The third-order valence-corrected chi connectivity index (χ3v) is 18.2. The molecular formula is C75H134N8O18. The van der Waals surface area contributed by atoms with Crippen LogP contribution in [0.25, 0.3) is 0 Å². The number of aldehydes is 2. The van der Waals surface area contributed by atoms with E-state index >= 15 is 0 Å². The molecule has 1 aromatic carbocycles. The summed E-state index contributed by atoms with van der Waals surface area (Å²) >= 11 is 0. The number of amides is 4. The number of nitrogens with one attached hydrogen (secondary N) is 1. The lowest BCUT2D eigenvalue weighted by molar-refractivity contribution is -0.147. The van der Waals surface area contributed by atoms with Crippen molar-refractivity contribution in [1.29, 1.82) is 0 Å². The molecule has 1 aliphatic carbocycles. The van der Waals surface area contributed by atoms with Gasteiger partial charge in [0.25, 0.3) is 0 Å². The molecule has 582 valence electrons. The van der Waals surface area contributed by atoms with Gasteiger partial charge in [-0.15, -0.1) is 0 Å². The number of benzene rings is 1. The number of carbonyl (C=O) groups excluding carboxylic acids is 9. The van der Waals surface area contributed by atoms with Crippen LogP contribution in [0.15, 0.2) is 42.5 Å². The molecule has 0 spiro atoms. The summed E-state index contributed by atoms with van der Waals surface area (Å²) in [7, 11) is 9.82. The highest BCUT2D eigenvalue weighted by atomic mass is 16.6. The molecule has 101 heavy (non-hydrogen) atoms. The minimum Gasteiger partial charge on any atom is -0.481 e. The van der Waals surface area contributed by atoms with E-state index in [2.05, 4.69) is 60.5 Å². The van der Waals surface area contributed by atoms with E-state index in [1.807, 2.05) is 73.6 Å². The smallest absolute Gasteiger partial charge is 0.409 e. The summed E-state index contributed by atoms with van der Waals surface area (Å²) in [5.74, 6) is -1.95. The Bertz CT molecular complexity index is 2390. The van der Waals surface area contributed by atoms with E-state index in [0.717, 1.165) is 194 Å². The Morgan fingerprint density at radius 2 is 0.822 bits per heavy atom. The van der Waals surface area contributed by atoms with Gasteiger partial charge in [0, 0.05) is 95.4 Å². The van der Waals surface area contributed by atoms with E-state index in [9.17, 15) is 47.9 Å². The molecule has 5 atom stereocenters. The standard InChI is InChI=1S/C16H24N2O2.C15H26N2O4.C14H24N2O4.C8H16N2O2.C7H10O4.C7H10O2.4C2H6/c1-13(14-7-4-3-5-8-14)17-15-9-6-11-18(12-10-15)16(19)20-2;1-20-14(18)12-5-9-16(10-6-12)13-4-3-8-17(11-7-13)15(19)21-2;1-20-14(19)16-7-2-3-12(6-10-16)15-8-4-11(5-9-15)13(17)18;1-12-8(11)10-5-2-3-7(9)4-6-10;1-11-7(10)6(2-4-8)3-5-9;1-9-7(8)6-4-2-3-5-6;4*1-2/h3-5,7-8,13,15,17H,6,9-12H2,1-2H3;12-13H,3-11H2,1-2H3;11-12H,2-10H2,1H3,(H,17,18);7H,2-6,9H2,1H3;4-6H,2-3H2,1H3;2-3,6H,4-5H2,1H3;4*1-2H3/t13-,15+;13-;12-;7-;;;;;;/m1000....../s1. The Hall–Kier alpha value is -6.90. The average Bonchev–Trinajstić information content (AvgIpc) is 1.85. The first-order chi connectivity index (χ1) is 48.8. The largest absolute Gasteiger partial charge is 0.481 e. The molecule has 1 aromatic rings. The molecule has 6 aliphatic heterocycles. The van der Waals surface area contributed by atoms with Crippen LogP contribution >= 0.6 is 0 Å².